The molecule has 0 bridgehead atoms. The third-order valence-electron chi connectivity index (χ3n) is 4.13. The van der Waals surface area contributed by atoms with Crippen LogP contribution in [0.4, 0.5) is 0 Å². The molecule has 0 saturated heterocycles. The van der Waals surface area contributed by atoms with Gasteiger partial charge in [0.15, 0.2) is 11.5 Å². The lowest BCUT2D eigenvalue weighted by Gasteiger charge is -2.02. The van der Waals surface area contributed by atoms with Crippen LogP contribution in [0.5, 0.6) is 0 Å². The van der Waals surface area contributed by atoms with Gasteiger partial charge in [0, 0.05) is 16.1 Å². The summed E-state index contributed by atoms with van der Waals surface area (Å²) in [4.78, 5) is 24.9. The van der Waals surface area contributed by atoms with Gasteiger partial charge in [-0.3, -0.25) is 4.79 Å². The van der Waals surface area contributed by atoms with Crippen LogP contribution in [-0.2, 0) is 4.74 Å². The number of fused-ring (bicyclic) bond motifs is 1. The fourth-order valence-corrected chi connectivity index (χ4v) is 2.92. The minimum atomic E-state index is -0.715. The van der Waals surface area contributed by atoms with Gasteiger partial charge in [-0.05, 0) is 49.4 Å². The van der Waals surface area contributed by atoms with Gasteiger partial charge in [-0.25, -0.2) is 4.79 Å². The molecule has 2 aromatic heterocycles. The second-order valence-corrected chi connectivity index (χ2v) is 6.31. The number of benzene rings is 2. The number of carbonyl (C=O) groups excluding carboxylic acids is 2. The highest BCUT2D eigenvalue weighted by Gasteiger charge is 2.24. The third kappa shape index (κ3) is 3.16. The Morgan fingerprint density at radius 2 is 1.89 bits per heavy atom. The van der Waals surface area contributed by atoms with E-state index in [4.69, 9.17) is 25.4 Å². The van der Waals surface area contributed by atoms with Gasteiger partial charge >= 0.3 is 5.97 Å². The molecule has 140 valence electrons. The number of ketones is 1. The van der Waals surface area contributed by atoms with E-state index in [-0.39, 0.29) is 17.9 Å². The zero-order chi connectivity index (χ0) is 19.7. The maximum Gasteiger partial charge on any atom is 0.361 e. The first-order chi connectivity index (χ1) is 13.6. The van der Waals surface area contributed by atoms with E-state index in [1.807, 2.05) is 0 Å². The summed E-state index contributed by atoms with van der Waals surface area (Å²) >= 11 is 5.93. The van der Waals surface area contributed by atoms with E-state index in [2.05, 4.69) is 10.3 Å². The Morgan fingerprint density at radius 3 is 2.64 bits per heavy atom. The zero-order valence-electron chi connectivity index (χ0n) is 14.6. The number of ether oxygens (including phenoxy) is 1. The van der Waals surface area contributed by atoms with Gasteiger partial charge in [0.05, 0.1) is 17.6 Å². The lowest BCUT2D eigenvalue weighted by molar-refractivity contribution is 0.0512. The van der Waals surface area contributed by atoms with E-state index >= 15 is 0 Å². The Morgan fingerprint density at radius 1 is 1.11 bits per heavy atom. The fourth-order valence-electron chi connectivity index (χ4n) is 2.79. The normalized spacial score (nSPS) is 10.9. The molecule has 0 radical (unpaired) electrons. The summed E-state index contributed by atoms with van der Waals surface area (Å²) in [6.07, 6.45) is 1.13. The number of rotatable bonds is 5. The topological polar surface area (TPSA) is 95.4 Å². The van der Waals surface area contributed by atoms with Gasteiger partial charge in [-0.1, -0.05) is 21.9 Å². The first kappa shape index (κ1) is 17.9. The monoisotopic (exact) mass is 396 g/mol. The summed E-state index contributed by atoms with van der Waals surface area (Å²) in [5, 5.41) is 8.87. The van der Waals surface area contributed by atoms with Crippen molar-refractivity contribution in [3.63, 3.8) is 0 Å². The number of esters is 1. The Balaban J connectivity index is 1.75. The van der Waals surface area contributed by atoms with Gasteiger partial charge in [-0.2, -0.15) is 0 Å². The van der Waals surface area contributed by atoms with Crippen LogP contribution in [0.3, 0.4) is 0 Å². The van der Waals surface area contributed by atoms with Crippen LogP contribution >= 0.6 is 11.6 Å². The number of nitrogens with zero attached hydrogens (tertiary/aromatic N) is 2. The second kappa shape index (κ2) is 7.28. The van der Waals surface area contributed by atoms with Gasteiger partial charge in [0.25, 0.3) is 0 Å². The first-order valence-electron chi connectivity index (χ1n) is 8.40. The maximum atomic E-state index is 12.9. The van der Waals surface area contributed by atoms with E-state index < -0.39 is 11.8 Å². The Hall–Kier alpha value is -3.45. The van der Waals surface area contributed by atoms with Crippen LogP contribution in [-0.4, -0.2) is 28.7 Å². The van der Waals surface area contributed by atoms with Crippen molar-refractivity contribution in [2.75, 3.05) is 6.61 Å². The van der Waals surface area contributed by atoms with Crippen molar-refractivity contribution in [2.24, 2.45) is 0 Å². The number of hydrogen-bond donors (Lipinski definition) is 0. The molecule has 0 spiro atoms. The average molecular weight is 397 g/mol. The van der Waals surface area contributed by atoms with Crippen LogP contribution in [0.25, 0.3) is 22.2 Å². The average Bonchev–Trinajstić information content (AvgIpc) is 3.35. The van der Waals surface area contributed by atoms with E-state index in [0.717, 1.165) is 11.8 Å². The van der Waals surface area contributed by atoms with Crippen molar-refractivity contribution >= 4 is 34.3 Å². The predicted molar refractivity (Wildman–Crippen MR) is 100 cm³/mol. The van der Waals surface area contributed by atoms with E-state index in [1.165, 1.54) is 0 Å². The van der Waals surface area contributed by atoms with Crippen molar-refractivity contribution in [1.82, 2.24) is 10.3 Å². The molecule has 2 aromatic carbocycles. The summed E-state index contributed by atoms with van der Waals surface area (Å²) in [5.74, 6) is -0.626. The molecule has 0 unspecified atom stereocenters. The van der Waals surface area contributed by atoms with Gasteiger partial charge in [0.2, 0.25) is 5.69 Å². The molecule has 4 rings (SSSR count). The number of aromatic nitrogens is 2. The molecule has 8 heteroatoms. The molecular weight excluding hydrogens is 384 g/mol. The molecule has 0 saturated carbocycles. The highest BCUT2D eigenvalue weighted by atomic mass is 35.5. The third-order valence-corrected chi connectivity index (χ3v) is 4.38. The minimum absolute atomic E-state index is 0.0299. The van der Waals surface area contributed by atoms with Crippen LogP contribution in [0.15, 0.2) is 57.8 Å². The molecule has 0 aliphatic heterocycles. The Labute approximate surface area is 163 Å². The minimum Gasteiger partial charge on any atom is -0.461 e. The summed E-state index contributed by atoms with van der Waals surface area (Å²) in [6.45, 7) is 1.83. The van der Waals surface area contributed by atoms with Gasteiger partial charge in [0.1, 0.15) is 11.8 Å². The molecule has 28 heavy (non-hydrogen) atoms. The summed E-state index contributed by atoms with van der Waals surface area (Å²) in [5.41, 5.74) is 1.57. The van der Waals surface area contributed by atoms with Crippen molar-refractivity contribution in [2.45, 2.75) is 6.92 Å². The molecule has 0 N–H and O–H groups in total. The van der Waals surface area contributed by atoms with Gasteiger partial charge in [-0.15, -0.1) is 0 Å². The Bertz CT molecular complexity index is 1180. The molecule has 2 heterocycles. The summed E-state index contributed by atoms with van der Waals surface area (Å²) in [7, 11) is 0. The molecule has 0 aliphatic carbocycles. The lowest BCUT2D eigenvalue weighted by atomic mass is 10.0. The molecule has 0 amide bonds. The standard InChI is InChI=1S/C20H13ClN2O5/c1-2-26-20(25)17-15(10-27-23-17)18(24)12-5-8-16-14(9-12)19(28-22-16)11-3-6-13(21)7-4-11/h3-10H,2H2,1H3. The van der Waals surface area contributed by atoms with E-state index in [9.17, 15) is 9.59 Å². The van der Waals surface area contributed by atoms with Crippen molar-refractivity contribution < 1.29 is 23.4 Å². The number of hydrogen-bond acceptors (Lipinski definition) is 7. The molecule has 0 aliphatic rings. The van der Waals surface area contributed by atoms with Crippen LogP contribution in [0.1, 0.15) is 33.3 Å². The highest BCUT2D eigenvalue weighted by Crippen LogP contribution is 2.31. The lowest BCUT2D eigenvalue weighted by Crippen LogP contribution is -2.11. The molecule has 7 nitrogen and oxygen atoms in total. The predicted octanol–water partition coefficient (Wildman–Crippen LogP) is 4.54. The molecular formula is C20H13ClN2O5. The zero-order valence-corrected chi connectivity index (χ0v) is 15.4. The largest absolute Gasteiger partial charge is 0.461 e. The van der Waals surface area contributed by atoms with E-state index in [1.54, 1.807) is 49.4 Å². The van der Waals surface area contributed by atoms with Crippen molar-refractivity contribution in [1.29, 1.82) is 0 Å². The maximum absolute atomic E-state index is 12.9. The summed E-state index contributed by atoms with van der Waals surface area (Å²) < 4.78 is 15.2. The van der Waals surface area contributed by atoms with Crippen molar-refractivity contribution in [3.05, 3.63) is 70.6 Å². The van der Waals surface area contributed by atoms with Crippen LogP contribution in [0, 0.1) is 0 Å². The second-order valence-electron chi connectivity index (χ2n) is 5.88. The molecule has 0 atom stereocenters. The first-order valence-corrected chi connectivity index (χ1v) is 8.78. The SMILES string of the molecule is CCOC(=O)c1nocc1C(=O)c1ccc2noc(-c3ccc(Cl)cc3)c2c1. The number of halogens is 1. The molecule has 4 aromatic rings. The highest BCUT2D eigenvalue weighted by molar-refractivity contribution is 6.30. The van der Waals surface area contributed by atoms with Gasteiger partial charge < -0.3 is 13.8 Å². The fraction of sp³-hybridized carbons (Fsp3) is 0.100. The van der Waals surface area contributed by atoms with Crippen molar-refractivity contribution in [3.8, 4) is 11.3 Å². The number of carbonyl (C=O) groups is 2. The Kier molecular flexibility index (Phi) is 4.67. The quantitative estimate of drug-likeness (QED) is 0.361. The smallest absolute Gasteiger partial charge is 0.361 e. The van der Waals surface area contributed by atoms with Crippen LogP contribution in [0.2, 0.25) is 5.02 Å². The molecule has 0 fully saturated rings. The van der Waals surface area contributed by atoms with E-state index in [0.29, 0.717) is 27.2 Å². The van der Waals surface area contributed by atoms with Crippen LogP contribution < -0.4 is 0 Å². The summed E-state index contributed by atoms with van der Waals surface area (Å²) in [6, 6.07) is 12.0.